The van der Waals surface area contributed by atoms with Crippen LogP contribution in [0.15, 0.2) is 60.8 Å². The molecular weight excluding hydrogens is 779 g/mol. The molecule has 0 aliphatic rings. The summed E-state index contributed by atoms with van der Waals surface area (Å²) in [5, 5.41) is 23.7. The van der Waals surface area contributed by atoms with Crippen molar-refractivity contribution in [3.05, 3.63) is 60.8 Å². The number of hydrogen-bond acceptors (Lipinski definition) is 5. The fourth-order valence-electron chi connectivity index (χ4n) is 8.03. The molecule has 0 spiro atoms. The molecule has 0 fully saturated rings. The highest BCUT2D eigenvalue weighted by molar-refractivity contribution is 5.77. The SMILES string of the molecule is CCCCC/C=C/C=C/C=C/C=C/CCCCCCCC(=O)OC(CCCCC/C=C/CCCCCCCCCCC)CC(=O)NC(CO)C(O)CCCCCCCCCCCC. The van der Waals surface area contributed by atoms with Crippen LogP contribution in [0.2, 0.25) is 0 Å². The Bertz CT molecular complexity index is 1130. The predicted octanol–water partition coefficient (Wildman–Crippen LogP) is 16.4. The molecule has 1 amide bonds. The topological polar surface area (TPSA) is 95.9 Å². The number of unbranched alkanes of at least 4 members (excludes halogenated alkanes) is 29. The maximum absolute atomic E-state index is 13.2. The van der Waals surface area contributed by atoms with Gasteiger partial charge >= 0.3 is 5.97 Å². The predicted molar refractivity (Wildman–Crippen MR) is 273 cm³/mol. The first kappa shape index (κ1) is 60.6. The largest absolute Gasteiger partial charge is 0.462 e. The summed E-state index contributed by atoms with van der Waals surface area (Å²) in [5.74, 6) is -0.512. The van der Waals surface area contributed by atoms with Crippen LogP contribution in [-0.2, 0) is 14.3 Å². The average molecular weight is 882 g/mol. The van der Waals surface area contributed by atoms with Gasteiger partial charge in [0.1, 0.15) is 6.10 Å². The number of ether oxygens (including phenoxy) is 1. The molecule has 0 aromatic rings. The zero-order valence-electron chi connectivity index (χ0n) is 41.7. The monoisotopic (exact) mass is 882 g/mol. The van der Waals surface area contributed by atoms with Crippen molar-refractivity contribution < 1.29 is 24.5 Å². The van der Waals surface area contributed by atoms with Crippen LogP contribution in [-0.4, -0.2) is 46.9 Å². The van der Waals surface area contributed by atoms with E-state index in [-0.39, 0.29) is 24.9 Å². The van der Waals surface area contributed by atoms with Crippen molar-refractivity contribution in [3.8, 4) is 0 Å². The number of hydrogen-bond donors (Lipinski definition) is 3. The van der Waals surface area contributed by atoms with E-state index in [1.165, 1.54) is 122 Å². The second-order valence-corrected chi connectivity index (χ2v) is 18.4. The lowest BCUT2D eigenvalue weighted by molar-refractivity contribution is -0.151. The van der Waals surface area contributed by atoms with Gasteiger partial charge in [-0.15, -0.1) is 0 Å². The summed E-state index contributed by atoms with van der Waals surface area (Å²) >= 11 is 0. The molecule has 366 valence electrons. The van der Waals surface area contributed by atoms with Gasteiger partial charge in [0, 0.05) is 6.42 Å². The Hall–Kier alpha value is -2.44. The van der Waals surface area contributed by atoms with Crippen LogP contribution in [0.3, 0.4) is 0 Å². The van der Waals surface area contributed by atoms with Gasteiger partial charge < -0.3 is 20.3 Å². The van der Waals surface area contributed by atoms with Gasteiger partial charge in [0.15, 0.2) is 0 Å². The quantitative estimate of drug-likeness (QED) is 0.0245. The Morgan fingerprint density at radius 2 is 0.825 bits per heavy atom. The van der Waals surface area contributed by atoms with E-state index in [1.807, 2.05) is 0 Å². The van der Waals surface area contributed by atoms with Crippen LogP contribution in [0.5, 0.6) is 0 Å². The van der Waals surface area contributed by atoms with E-state index < -0.39 is 18.2 Å². The van der Waals surface area contributed by atoms with Crippen LogP contribution >= 0.6 is 0 Å². The average Bonchev–Trinajstić information content (AvgIpc) is 3.28. The first-order valence-electron chi connectivity index (χ1n) is 27.1. The normalized spacial score (nSPS) is 13.7. The number of carbonyl (C=O) groups is 2. The lowest BCUT2D eigenvalue weighted by Crippen LogP contribution is -2.46. The third-order valence-electron chi connectivity index (χ3n) is 12.2. The third kappa shape index (κ3) is 45.9. The first-order valence-corrected chi connectivity index (χ1v) is 27.1. The molecule has 0 rings (SSSR count). The Balaban J connectivity index is 4.64. The number of aliphatic hydroxyl groups excluding tert-OH is 2. The van der Waals surface area contributed by atoms with Gasteiger partial charge in [0.05, 0.1) is 25.2 Å². The number of nitrogens with one attached hydrogen (secondary N) is 1. The van der Waals surface area contributed by atoms with E-state index in [0.29, 0.717) is 19.3 Å². The Kier molecular flexibility index (Phi) is 48.6. The standard InChI is InChI=1S/C57H103NO5/c1-4-7-10-13-16-19-22-24-26-28-29-31-33-35-38-41-44-47-50-57(62)63-53(48-45-42-39-36-34-32-30-27-25-23-20-17-14-11-8-5-2)51-56(61)58-54(52-59)55(60)49-46-43-40-37-21-18-15-12-9-6-3/h16,19,22,24,26,28-29,31-32,34,53-55,59-60H,4-15,17-18,20-21,23,25,27,30,33,35-52H2,1-3H3,(H,58,61)/b19-16+,24-22+,28-26+,31-29+,34-32+. The highest BCUT2D eigenvalue weighted by Crippen LogP contribution is 2.17. The van der Waals surface area contributed by atoms with Crippen LogP contribution in [0.25, 0.3) is 0 Å². The fraction of sp³-hybridized carbons (Fsp3) is 0.789. The Morgan fingerprint density at radius 1 is 0.460 bits per heavy atom. The second-order valence-electron chi connectivity index (χ2n) is 18.4. The van der Waals surface area contributed by atoms with Gasteiger partial charge in [-0.1, -0.05) is 236 Å². The minimum atomic E-state index is -0.796. The molecule has 0 aliphatic carbocycles. The van der Waals surface area contributed by atoms with Crippen LogP contribution in [0, 0.1) is 0 Å². The van der Waals surface area contributed by atoms with Crippen molar-refractivity contribution in [1.82, 2.24) is 5.32 Å². The molecule has 0 bridgehead atoms. The van der Waals surface area contributed by atoms with Crippen LogP contribution in [0.4, 0.5) is 0 Å². The summed E-state index contributed by atoms with van der Waals surface area (Å²) in [6.07, 6.45) is 62.8. The zero-order valence-corrected chi connectivity index (χ0v) is 41.7. The van der Waals surface area contributed by atoms with Crippen molar-refractivity contribution in [2.45, 2.75) is 283 Å². The van der Waals surface area contributed by atoms with Gasteiger partial charge in [0.25, 0.3) is 0 Å². The molecule has 3 N–H and O–H groups in total. The molecule has 3 atom stereocenters. The highest BCUT2D eigenvalue weighted by Gasteiger charge is 2.24. The van der Waals surface area contributed by atoms with Gasteiger partial charge in [-0.05, 0) is 77.0 Å². The third-order valence-corrected chi connectivity index (χ3v) is 12.2. The minimum absolute atomic E-state index is 0.0566. The molecule has 0 saturated heterocycles. The van der Waals surface area contributed by atoms with E-state index in [1.54, 1.807) is 0 Å². The Morgan fingerprint density at radius 3 is 1.32 bits per heavy atom. The first-order chi connectivity index (χ1) is 31.0. The van der Waals surface area contributed by atoms with Crippen molar-refractivity contribution in [3.63, 3.8) is 0 Å². The maximum atomic E-state index is 13.2. The minimum Gasteiger partial charge on any atom is -0.462 e. The number of allylic oxidation sites excluding steroid dienone is 10. The maximum Gasteiger partial charge on any atom is 0.306 e. The van der Waals surface area contributed by atoms with Crippen molar-refractivity contribution in [2.24, 2.45) is 0 Å². The summed E-state index contributed by atoms with van der Waals surface area (Å²) < 4.78 is 5.93. The number of amides is 1. The summed E-state index contributed by atoms with van der Waals surface area (Å²) in [6.45, 7) is 6.43. The van der Waals surface area contributed by atoms with E-state index >= 15 is 0 Å². The summed E-state index contributed by atoms with van der Waals surface area (Å²) in [6, 6.07) is -0.712. The summed E-state index contributed by atoms with van der Waals surface area (Å²) in [4.78, 5) is 26.2. The molecule has 3 unspecified atom stereocenters. The number of rotatable bonds is 48. The van der Waals surface area contributed by atoms with E-state index in [2.05, 4.69) is 86.8 Å². The van der Waals surface area contributed by atoms with Crippen molar-refractivity contribution in [1.29, 1.82) is 0 Å². The molecule has 6 nitrogen and oxygen atoms in total. The van der Waals surface area contributed by atoms with E-state index in [0.717, 1.165) is 96.3 Å². The molecule has 0 aliphatic heterocycles. The second kappa shape index (κ2) is 50.6. The number of carbonyl (C=O) groups excluding carboxylic acids is 2. The molecule has 0 radical (unpaired) electrons. The van der Waals surface area contributed by atoms with Gasteiger partial charge in [-0.25, -0.2) is 0 Å². The fourth-order valence-corrected chi connectivity index (χ4v) is 8.03. The lowest BCUT2D eigenvalue weighted by atomic mass is 10.0. The molecule has 63 heavy (non-hydrogen) atoms. The van der Waals surface area contributed by atoms with Gasteiger partial charge in [0.2, 0.25) is 5.91 Å². The van der Waals surface area contributed by atoms with Crippen LogP contribution in [0.1, 0.15) is 265 Å². The molecular formula is C57H103NO5. The van der Waals surface area contributed by atoms with Gasteiger partial charge in [-0.2, -0.15) is 0 Å². The summed E-state index contributed by atoms with van der Waals surface area (Å²) in [5.41, 5.74) is 0. The zero-order chi connectivity index (χ0) is 45.9. The lowest BCUT2D eigenvalue weighted by Gasteiger charge is -2.24. The molecule has 6 heteroatoms. The highest BCUT2D eigenvalue weighted by atomic mass is 16.5. The smallest absolute Gasteiger partial charge is 0.306 e. The number of esters is 1. The van der Waals surface area contributed by atoms with E-state index in [4.69, 9.17) is 4.74 Å². The van der Waals surface area contributed by atoms with Crippen LogP contribution < -0.4 is 5.32 Å². The summed E-state index contributed by atoms with van der Waals surface area (Å²) in [7, 11) is 0. The van der Waals surface area contributed by atoms with Crippen molar-refractivity contribution >= 4 is 11.9 Å². The van der Waals surface area contributed by atoms with Crippen molar-refractivity contribution in [2.75, 3.05) is 6.61 Å². The Labute approximate surface area is 390 Å². The number of aliphatic hydroxyl groups is 2. The van der Waals surface area contributed by atoms with E-state index in [9.17, 15) is 19.8 Å². The molecule has 0 heterocycles. The molecule has 0 aromatic heterocycles. The molecule has 0 aromatic carbocycles. The molecule has 0 saturated carbocycles. The van der Waals surface area contributed by atoms with Gasteiger partial charge in [-0.3, -0.25) is 9.59 Å².